The summed E-state index contributed by atoms with van der Waals surface area (Å²) >= 11 is 0. The standard InChI is InChI=1S/C25H28FN5O3/c1-16-2-3-19-22(30-16)17(18(26)12-27-19)4-5-25-8-6-24(7-9-25,15-34-25)29-14-21-28-13-20-23(31-21)33-11-10-32-20/h2-3,12-13,29H,4-11,14-15H2,1H3. The van der Waals surface area contributed by atoms with Gasteiger partial charge in [-0.1, -0.05) is 0 Å². The summed E-state index contributed by atoms with van der Waals surface area (Å²) in [6, 6.07) is 3.81. The van der Waals surface area contributed by atoms with Crippen molar-refractivity contribution in [3.05, 3.63) is 47.4 Å². The van der Waals surface area contributed by atoms with E-state index in [4.69, 9.17) is 14.2 Å². The summed E-state index contributed by atoms with van der Waals surface area (Å²) in [7, 11) is 0. The molecule has 34 heavy (non-hydrogen) atoms. The van der Waals surface area contributed by atoms with E-state index in [0.29, 0.717) is 61.3 Å². The van der Waals surface area contributed by atoms with Gasteiger partial charge in [0.15, 0.2) is 5.75 Å². The molecule has 4 aliphatic rings. The molecule has 8 nitrogen and oxygen atoms in total. The molecule has 0 radical (unpaired) electrons. The Kier molecular flexibility index (Phi) is 5.33. The first kappa shape index (κ1) is 21.6. The zero-order chi connectivity index (χ0) is 23.2. The Morgan fingerprint density at radius 1 is 1.03 bits per heavy atom. The van der Waals surface area contributed by atoms with Crippen LogP contribution < -0.4 is 14.8 Å². The molecule has 1 aliphatic carbocycles. The van der Waals surface area contributed by atoms with Gasteiger partial charge in [0.1, 0.15) is 24.9 Å². The molecule has 0 unspecified atom stereocenters. The van der Waals surface area contributed by atoms with Gasteiger partial charge in [0.05, 0.1) is 42.2 Å². The molecule has 3 aromatic rings. The number of pyridine rings is 2. The van der Waals surface area contributed by atoms with Crippen molar-refractivity contribution < 1.29 is 18.6 Å². The SMILES string of the molecule is Cc1ccc2ncc(F)c(CCC34CCC(NCc5ncc6c(n5)OCCO6)(CC3)CO4)c2n1. The molecule has 178 valence electrons. The number of nitrogens with zero attached hydrogens (tertiary/aromatic N) is 4. The topological polar surface area (TPSA) is 91.3 Å². The molecule has 0 amide bonds. The Morgan fingerprint density at radius 2 is 1.88 bits per heavy atom. The fourth-order valence-corrected chi connectivity index (χ4v) is 5.33. The van der Waals surface area contributed by atoms with E-state index in [2.05, 4.69) is 25.3 Å². The van der Waals surface area contributed by atoms with E-state index < -0.39 is 0 Å². The summed E-state index contributed by atoms with van der Waals surface area (Å²) in [5.41, 5.74) is 2.62. The summed E-state index contributed by atoms with van der Waals surface area (Å²) in [6.07, 6.45) is 8.26. The Hall–Kier alpha value is -2.91. The van der Waals surface area contributed by atoms with Crippen LogP contribution in [0, 0.1) is 12.7 Å². The van der Waals surface area contributed by atoms with Crippen LogP contribution in [0.3, 0.4) is 0 Å². The highest BCUT2D eigenvalue weighted by atomic mass is 19.1. The molecule has 7 rings (SSSR count). The van der Waals surface area contributed by atoms with Gasteiger partial charge in [0.25, 0.3) is 5.88 Å². The van der Waals surface area contributed by atoms with E-state index in [0.717, 1.165) is 43.3 Å². The van der Waals surface area contributed by atoms with Crippen molar-refractivity contribution in [3.8, 4) is 11.6 Å². The highest BCUT2D eigenvalue weighted by Gasteiger charge is 2.49. The van der Waals surface area contributed by atoms with Crippen molar-refractivity contribution in [2.45, 2.75) is 63.1 Å². The molecule has 1 N–H and O–H groups in total. The molecule has 3 aromatic heterocycles. The van der Waals surface area contributed by atoms with E-state index >= 15 is 0 Å². The van der Waals surface area contributed by atoms with Crippen LogP contribution in [0.25, 0.3) is 11.0 Å². The summed E-state index contributed by atoms with van der Waals surface area (Å²) in [4.78, 5) is 17.7. The zero-order valence-corrected chi connectivity index (χ0v) is 19.3. The van der Waals surface area contributed by atoms with Crippen molar-refractivity contribution in [1.29, 1.82) is 0 Å². The lowest BCUT2D eigenvalue weighted by Crippen LogP contribution is -2.61. The first-order chi connectivity index (χ1) is 16.5. The minimum absolute atomic E-state index is 0.0777. The third-order valence-electron chi connectivity index (χ3n) is 7.48. The molecule has 3 fully saturated rings. The fourth-order valence-electron chi connectivity index (χ4n) is 5.33. The van der Waals surface area contributed by atoms with Crippen LogP contribution >= 0.6 is 0 Å². The van der Waals surface area contributed by atoms with Crippen molar-refractivity contribution >= 4 is 11.0 Å². The third kappa shape index (κ3) is 3.96. The van der Waals surface area contributed by atoms with Crippen molar-refractivity contribution in [2.24, 2.45) is 0 Å². The Bertz CT molecular complexity index is 1210. The third-order valence-corrected chi connectivity index (χ3v) is 7.48. The van der Waals surface area contributed by atoms with Gasteiger partial charge in [0.2, 0.25) is 0 Å². The predicted molar refractivity (Wildman–Crippen MR) is 122 cm³/mol. The summed E-state index contributed by atoms with van der Waals surface area (Å²) in [5, 5.41) is 3.65. The monoisotopic (exact) mass is 465 g/mol. The molecular formula is C25H28FN5O3. The van der Waals surface area contributed by atoms with Gasteiger partial charge in [0, 0.05) is 16.8 Å². The second-order valence-corrected chi connectivity index (χ2v) is 9.66. The van der Waals surface area contributed by atoms with Crippen molar-refractivity contribution in [3.63, 3.8) is 0 Å². The van der Waals surface area contributed by atoms with Crippen LogP contribution in [0.2, 0.25) is 0 Å². The summed E-state index contributed by atoms with van der Waals surface area (Å²) in [6.45, 7) is 4.13. The number of nitrogens with one attached hydrogen (secondary N) is 1. The Morgan fingerprint density at radius 3 is 2.71 bits per heavy atom. The summed E-state index contributed by atoms with van der Waals surface area (Å²) in [5.74, 6) is 1.51. The maximum Gasteiger partial charge on any atom is 0.260 e. The number of rotatable bonds is 6. The van der Waals surface area contributed by atoms with E-state index in [1.54, 1.807) is 6.20 Å². The van der Waals surface area contributed by atoms with Gasteiger partial charge in [-0.3, -0.25) is 9.97 Å². The van der Waals surface area contributed by atoms with E-state index in [9.17, 15) is 4.39 Å². The summed E-state index contributed by atoms with van der Waals surface area (Å²) < 4.78 is 32.2. The van der Waals surface area contributed by atoms with Crippen molar-refractivity contribution in [2.75, 3.05) is 19.8 Å². The molecule has 9 heteroatoms. The Balaban J connectivity index is 1.10. The van der Waals surface area contributed by atoms with Crippen LogP contribution in [0.5, 0.6) is 11.6 Å². The number of hydrogen-bond acceptors (Lipinski definition) is 8. The molecule has 3 aliphatic heterocycles. The average Bonchev–Trinajstić information content (AvgIpc) is 2.88. The number of ether oxygens (including phenoxy) is 3. The van der Waals surface area contributed by atoms with E-state index in [1.807, 2.05) is 19.1 Å². The molecular weight excluding hydrogens is 437 g/mol. The fraction of sp³-hybridized carbons (Fsp3) is 0.520. The maximum atomic E-state index is 14.7. The average molecular weight is 466 g/mol. The number of aryl methyl sites for hydroxylation is 2. The van der Waals surface area contributed by atoms with E-state index in [1.165, 1.54) is 6.20 Å². The second-order valence-electron chi connectivity index (χ2n) is 9.66. The number of fused-ring (bicyclic) bond motifs is 5. The molecule has 2 bridgehead atoms. The lowest BCUT2D eigenvalue weighted by molar-refractivity contribution is -0.165. The smallest absolute Gasteiger partial charge is 0.260 e. The van der Waals surface area contributed by atoms with Crippen LogP contribution in [0.15, 0.2) is 24.5 Å². The molecule has 1 saturated carbocycles. The van der Waals surface area contributed by atoms with Crippen molar-refractivity contribution in [1.82, 2.24) is 25.3 Å². The minimum Gasteiger partial charge on any atom is -0.483 e. The van der Waals surface area contributed by atoms with Crippen LogP contribution in [0.4, 0.5) is 4.39 Å². The second kappa shape index (κ2) is 8.39. The van der Waals surface area contributed by atoms with Gasteiger partial charge in [-0.05, 0) is 57.6 Å². The number of hydrogen-bond donors (Lipinski definition) is 1. The van der Waals surface area contributed by atoms with E-state index in [-0.39, 0.29) is 17.0 Å². The normalized spacial score (nSPS) is 25.6. The molecule has 0 atom stereocenters. The quantitative estimate of drug-likeness (QED) is 0.592. The maximum absolute atomic E-state index is 14.7. The lowest BCUT2D eigenvalue weighted by atomic mass is 9.69. The first-order valence-electron chi connectivity index (χ1n) is 11.9. The van der Waals surface area contributed by atoms with Gasteiger partial charge in [-0.2, -0.15) is 4.98 Å². The van der Waals surface area contributed by atoms with Gasteiger partial charge < -0.3 is 19.5 Å². The Labute approximate surface area is 197 Å². The largest absolute Gasteiger partial charge is 0.483 e. The van der Waals surface area contributed by atoms with Crippen LogP contribution in [-0.4, -0.2) is 50.9 Å². The van der Waals surface area contributed by atoms with Crippen LogP contribution in [0.1, 0.15) is 49.2 Å². The van der Waals surface area contributed by atoms with Gasteiger partial charge >= 0.3 is 0 Å². The lowest BCUT2D eigenvalue weighted by Gasteiger charge is -2.53. The number of aromatic nitrogens is 4. The van der Waals surface area contributed by atoms with Crippen LogP contribution in [-0.2, 0) is 17.7 Å². The number of halogens is 1. The van der Waals surface area contributed by atoms with Gasteiger partial charge in [-0.25, -0.2) is 9.37 Å². The highest BCUT2D eigenvalue weighted by Crippen LogP contribution is 2.46. The predicted octanol–water partition coefficient (Wildman–Crippen LogP) is 3.44. The zero-order valence-electron chi connectivity index (χ0n) is 19.3. The molecule has 0 spiro atoms. The molecule has 6 heterocycles. The first-order valence-corrected chi connectivity index (χ1v) is 11.9. The highest BCUT2D eigenvalue weighted by molar-refractivity contribution is 5.77. The molecule has 0 aromatic carbocycles. The van der Waals surface area contributed by atoms with Gasteiger partial charge in [-0.15, -0.1) is 0 Å². The molecule has 2 saturated heterocycles. The minimum atomic E-state index is -0.288.